The predicted molar refractivity (Wildman–Crippen MR) is 82.1 cm³/mol. The number of nitrogens with one attached hydrogen (secondary N) is 1. The highest BCUT2D eigenvalue weighted by Crippen LogP contribution is 2.47. The summed E-state index contributed by atoms with van der Waals surface area (Å²) < 4.78 is 7.31. The number of carbonyl (C=O) groups excluding carboxylic acids is 1. The molecule has 0 atom stereocenters. The lowest BCUT2D eigenvalue weighted by Crippen LogP contribution is -2.39. The van der Waals surface area contributed by atoms with Gasteiger partial charge in [0.1, 0.15) is 5.60 Å². The summed E-state index contributed by atoms with van der Waals surface area (Å²) in [6, 6.07) is 6.05. The molecule has 1 aromatic carbocycles. The Bertz CT molecular complexity index is 484. The van der Waals surface area contributed by atoms with Crippen molar-refractivity contribution in [1.82, 2.24) is 5.32 Å². The number of alkyl carbamates (subject to hydrolysis) is 1. The highest BCUT2D eigenvalue weighted by molar-refractivity contribution is 9.11. The number of amides is 1. The minimum absolute atomic E-state index is 0.269. The number of hydrogen-bond donors (Lipinski definition) is 1. The van der Waals surface area contributed by atoms with Crippen LogP contribution in [0.5, 0.6) is 0 Å². The van der Waals surface area contributed by atoms with Crippen LogP contribution < -0.4 is 5.32 Å². The topological polar surface area (TPSA) is 38.3 Å². The van der Waals surface area contributed by atoms with Crippen molar-refractivity contribution >= 4 is 38.0 Å². The molecular weight excluding hydrogens is 374 g/mol. The van der Waals surface area contributed by atoms with Gasteiger partial charge in [0.05, 0.1) is 5.54 Å². The first-order valence-corrected chi connectivity index (χ1v) is 7.77. The molecule has 19 heavy (non-hydrogen) atoms. The van der Waals surface area contributed by atoms with Crippen molar-refractivity contribution in [1.29, 1.82) is 0 Å². The van der Waals surface area contributed by atoms with Gasteiger partial charge in [-0.05, 0) is 57.4 Å². The molecule has 0 aromatic heterocycles. The van der Waals surface area contributed by atoms with Gasteiger partial charge in [-0.15, -0.1) is 0 Å². The maximum absolute atomic E-state index is 11.9. The summed E-state index contributed by atoms with van der Waals surface area (Å²) in [4.78, 5) is 11.9. The Labute approximate surface area is 130 Å². The Morgan fingerprint density at radius 3 is 2.16 bits per heavy atom. The SMILES string of the molecule is CC(C)(C)OC(=O)NC1(c2cc(Br)cc(Br)c2)CC1. The van der Waals surface area contributed by atoms with Gasteiger partial charge in [-0.25, -0.2) is 4.79 Å². The Morgan fingerprint density at radius 2 is 1.74 bits per heavy atom. The van der Waals surface area contributed by atoms with Gasteiger partial charge >= 0.3 is 6.09 Å². The summed E-state index contributed by atoms with van der Waals surface area (Å²) in [6.45, 7) is 5.59. The molecule has 0 spiro atoms. The smallest absolute Gasteiger partial charge is 0.408 e. The Balaban J connectivity index is 2.13. The Kier molecular flexibility index (Phi) is 3.98. The monoisotopic (exact) mass is 389 g/mol. The molecule has 1 amide bonds. The van der Waals surface area contributed by atoms with Crippen LogP contribution >= 0.6 is 31.9 Å². The van der Waals surface area contributed by atoms with Crippen molar-refractivity contribution in [3.05, 3.63) is 32.7 Å². The molecule has 1 aliphatic carbocycles. The number of rotatable bonds is 2. The van der Waals surface area contributed by atoms with Gasteiger partial charge in [0.15, 0.2) is 0 Å². The van der Waals surface area contributed by atoms with Crippen molar-refractivity contribution in [2.75, 3.05) is 0 Å². The number of benzene rings is 1. The van der Waals surface area contributed by atoms with Crippen LogP contribution in [0.2, 0.25) is 0 Å². The van der Waals surface area contributed by atoms with Crippen LogP contribution in [0.15, 0.2) is 27.1 Å². The number of carbonyl (C=O) groups is 1. The minimum atomic E-state index is -0.474. The zero-order valence-corrected chi connectivity index (χ0v) is 14.4. The quantitative estimate of drug-likeness (QED) is 0.792. The van der Waals surface area contributed by atoms with E-state index in [-0.39, 0.29) is 11.6 Å². The van der Waals surface area contributed by atoms with Crippen LogP contribution in [0.4, 0.5) is 4.79 Å². The van der Waals surface area contributed by atoms with E-state index in [0.717, 1.165) is 27.4 Å². The van der Waals surface area contributed by atoms with E-state index < -0.39 is 5.60 Å². The zero-order chi connectivity index (χ0) is 14.3. The number of hydrogen-bond acceptors (Lipinski definition) is 2. The van der Waals surface area contributed by atoms with Crippen LogP contribution in [0, 0.1) is 0 Å². The van der Waals surface area contributed by atoms with E-state index in [9.17, 15) is 4.79 Å². The molecule has 1 fully saturated rings. The second-order valence-corrected chi connectivity index (χ2v) is 7.70. The third-order valence-corrected chi connectivity index (χ3v) is 3.82. The molecule has 1 aromatic rings. The maximum atomic E-state index is 11.9. The van der Waals surface area contributed by atoms with E-state index in [0.29, 0.717) is 0 Å². The molecule has 3 nitrogen and oxygen atoms in total. The van der Waals surface area contributed by atoms with E-state index in [1.54, 1.807) is 0 Å². The number of ether oxygens (including phenoxy) is 1. The van der Waals surface area contributed by atoms with E-state index in [2.05, 4.69) is 37.2 Å². The first-order chi connectivity index (χ1) is 8.70. The van der Waals surface area contributed by atoms with Gasteiger partial charge in [-0.2, -0.15) is 0 Å². The van der Waals surface area contributed by atoms with E-state index in [4.69, 9.17) is 4.74 Å². The lowest BCUT2D eigenvalue weighted by molar-refractivity contribution is 0.0495. The lowest BCUT2D eigenvalue weighted by Gasteiger charge is -2.24. The normalized spacial score (nSPS) is 16.9. The largest absolute Gasteiger partial charge is 0.444 e. The van der Waals surface area contributed by atoms with E-state index >= 15 is 0 Å². The second kappa shape index (κ2) is 5.09. The molecule has 2 rings (SSSR count). The summed E-state index contributed by atoms with van der Waals surface area (Å²) in [5, 5.41) is 2.99. The van der Waals surface area contributed by atoms with Crippen molar-refractivity contribution in [2.45, 2.75) is 44.8 Å². The van der Waals surface area contributed by atoms with Crippen LogP contribution in [0.1, 0.15) is 39.2 Å². The highest BCUT2D eigenvalue weighted by Gasteiger charge is 2.46. The van der Waals surface area contributed by atoms with Crippen LogP contribution in [0.3, 0.4) is 0 Å². The summed E-state index contributed by atoms with van der Waals surface area (Å²) >= 11 is 6.95. The Hall–Kier alpha value is -0.550. The standard InChI is InChI=1S/C14H17Br2NO2/c1-13(2,3)19-12(18)17-14(4-5-14)9-6-10(15)8-11(16)7-9/h6-8H,4-5H2,1-3H3,(H,17,18). The fourth-order valence-electron chi connectivity index (χ4n) is 1.94. The Morgan fingerprint density at radius 1 is 1.21 bits per heavy atom. The van der Waals surface area contributed by atoms with Crippen molar-refractivity contribution in [3.63, 3.8) is 0 Å². The van der Waals surface area contributed by atoms with Gasteiger partial charge in [0.25, 0.3) is 0 Å². The molecule has 1 saturated carbocycles. The van der Waals surface area contributed by atoms with Gasteiger partial charge in [0.2, 0.25) is 0 Å². The summed E-state index contributed by atoms with van der Waals surface area (Å²) in [6.07, 6.45) is 1.52. The molecule has 0 radical (unpaired) electrons. The third-order valence-electron chi connectivity index (χ3n) is 2.91. The van der Waals surface area contributed by atoms with Crippen LogP contribution in [-0.2, 0) is 10.3 Å². The van der Waals surface area contributed by atoms with Crippen LogP contribution in [-0.4, -0.2) is 11.7 Å². The molecule has 1 aliphatic rings. The molecule has 1 N–H and O–H groups in total. The fourth-order valence-corrected chi connectivity index (χ4v) is 3.23. The minimum Gasteiger partial charge on any atom is -0.444 e. The highest BCUT2D eigenvalue weighted by atomic mass is 79.9. The zero-order valence-electron chi connectivity index (χ0n) is 11.2. The molecule has 5 heteroatoms. The van der Waals surface area contributed by atoms with Gasteiger partial charge < -0.3 is 10.1 Å². The molecule has 0 aliphatic heterocycles. The molecule has 104 valence electrons. The summed E-state index contributed by atoms with van der Waals surface area (Å²) in [7, 11) is 0. The lowest BCUT2D eigenvalue weighted by atomic mass is 10.1. The molecular formula is C14H17Br2NO2. The third kappa shape index (κ3) is 3.96. The van der Waals surface area contributed by atoms with Crippen molar-refractivity contribution in [2.24, 2.45) is 0 Å². The van der Waals surface area contributed by atoms with E-state index in [1.165, 1.54) is 0 Å². The number of halogens is 2. The molecule has 0 heterocycles. The first-order valence-electron chi connectivity index (χ1n) is 6.18. The van der Waals surface area contributed by atoms with Crippen molar-refractivity contribution in [3.8, 4) is 0 Å². The predicted octanol–water partition coefficient (Wildman–Crippen LogP) is 4.73. The molecule has 0 unspecified atom stereocenters. The van der Waals surface area contributed by atoms with Gasteiger partial charge in [0, 0.05) is 8.95 Å². The van der Waals surface area contributed by atoms with Gasteiger partial charge in [-0.3, -0.25) is 0 Å². The average Bonchev–Trinajstić information content (AvgIpc) is 2.93. The summed E-state index contributed by atoms with van der Waals surface area (Å²) in [5.41, 5.74) is 0.353. The molecule has 0 bridgehead atoms. The maximum Gasteiger partial charge on any atom is 0.408 e. The van der Waals surface area contributed by atoms with E-state index in [1.807, 2.05) is 39.0 Å². The second-order valence-electron chi connectivity index (χ2n) is 5.87. The first kappa shape index (κ1) is 14.9. The average molecular weight is 391 g/mol. The van der Waals surface area contributed by atoms with Crippen molar-refractivity contribution < 1.29 is 9.53 Å². The van der Waals surface area contributed by atoms with Crippen LogP contribution in [0.25, 0.3) is 0 Å². The van der Waals surface area contributed by atoms with Gasteiger partial charge in [-0.1, -0.05) is 31.9 Å². The summed E-state index contributed by atoms with van der Waals surface area (Å²) in [5.74, 6) is 0. The molecule has 0 saturated heterocycles. The fraction of sp³-hybridized carbons (Fsp3) is 0.500.